The molecule has 2 aromatic carbocycles. The molecule has 5 rings (SSSR count). The Kier molecular flexibility index (Phi) is 4.19. The van der Waals surface area contributed by atoms with Crippen molar-refractivity contribution < 1.29 is 4.79 Å². The standard InChI is InChI=1S/C24H25N3O/c1-2-12-25-24(28)15-10-11-22-19(13-15)16-7-5-8-18(16)23(27-22)20-14-26-21-9-4-3-6-17(20)21/h3-7,9-11,13-14,16,18,23,26-27H,2,8,12H2,1H3,(H,25,28). The van der Waals surface area contributed by atoms with Crippen LogP contribution >= 0.6 is 0 Å². The summed E-state index contributed by atoms with van der Waals surface area (Å²) in [5.41, 5.74) is 5.62. The fourth-order valence-electron chi connectivity index (χ4n) is 4.74. The summed E-state index contributed by atoms with van der Waals surface area (Å²) in [6.07, 6.45) is 8.75. The second kappa shape index (κ2) is 6.86. The van der Waals surface area contributed by atoms with E-state index >= 15 is 0 Å². The van der Waals surface area contributed by atoms with Crippen molar-refractivity contribution in [1.82, 2.24) is 10.3 Å². The summed E-state index contributed by atoms with van der Waals surface area (Å²) in [5.74, 6) is 0.816. The van der Waals surface area contributed by atoms with Gasteiger partial charge in [0.05, 0.1) is 6.04 Å². The van der Waals surface area contributed by atoms with E-state index in [0.29, 0.717) is 18.4 Å². The van der Waals surface area contributed by atoms with Crippen LogP contribution in [0.5, 0.6) is 0 Å². The van der Waals surface area contributed by atoms with Crippen LogP contribution in [0.2, 0.25) is 0 Å². The Balaban J connectivity index is 1.52. The molecule has 142 valence electrons. The Morgan fingerprint density at radius 1 is 1.18 bits per heavy atom. The van der Waals surface area contributed by atoms with Crippen molar-refractivity contribution in [1.29, 1.82) is 0 Å². The van der Waals surface area contributed by atoms with Crippen LogP contribution < -0.4 is 10.6 Å². The van der Waals surface area contributed by atoms with Crippen LogP contribution in [-0.2, 0) is 0 Å². The summed E-state index contributed by atoms with van der Waals surface area (Å²) in [6, 6.07) is 14.8. The van der Waals surface area contributed by atoms with Gasteiger partial charge in [0.15, 0.2) is 0 Å². The van der Waals surface area contributed by atoms with E-state index in [1.165, 1.54) is 22.0 Å². The first-order valence-corrected chi connectivity index (χ1v) is 10.2. The number of aromatic nitrogens is 1. The average Bonchev–Trinajstić information content (AvgIpc) is 3.38. The zero-order valence-electron chi connectivity index (χ0n) is 16.0. The van der Waals surface area contributed by atoms with Crippen LogP contribution in [0.4, 0.5) is 5.69 Å². The molecule has 0 saturated heterocycles. The number of carbonyl (C=O) groups is 1. The highest BCUT2D eigenvalue weighted by molar-refractivity contribution is 5.95. The van der Waals surface area contributed by atoms with E-state index in [1.807, 2.05) is 6.07 Å². The highest BCUT2D eigenvalue weighted by atomic mass is 16.1. The fraction of sp³-hybridized carbons (Fsp3) is 0.292. The normalized spacial score (nSPS) is 22.5. The number of hydrogen-bond acceptors (Lipinski definition) is 2. The van der Waals surface area contributed by atoms with Gasteiger partial charge >= 0.3 is 0 Å². The van der Waals surface area contributed by atoms with Crippen molar-refractivity contribution in [2.24, 2.45) is 5.92 Å². The first kappa shape index (κ1) is 17.1. The molecule has 0 radical (unpaired) electrons. The predicted molar refractivity (Wildman–Crippen MR) is 114 cm³/mol. The van der Waals surface area contributed by atoms with E-state index in [1.54, 1.807) is 0 Å². The lowest BCUT2D eigenvalue weighted by Gasteiger charge is -2.37. The minimum Gasteiger partial charge on any atom is -0.378 e. The van der Waals surface area contributed by atoms with Gasteiger partial charge in [0.25, 0.3) is 5.91 Å². The lowest BCUT2D eigenvalue weighted by molar-refractivity contribution is 0.0953. The molecule has 0 saturated carbocycles. The minimum atomic E-state index is 0.0157. The van der Waals surface area contributed by atoms with Crippen LogP contribution in [-0.4, -0.2) is 17.4 Å². The number of anilines is 1. The van der Waals surface area contributed by atoms with Crippen molar-refractivity contribution in [3.05, 3.63) is 77.5 Å². The Morgan fingerprint density at radius 3 is 2.96 bits per heavy atom. The SMILES string of the molecule is CCCNC(=O)c1ccc2c(c1)C1C=CCC1C(c1c[nH]c3ccccc13)N2. The molecular weight excluding hydrogens is 346 g/mol. The van der Waals surface area contributed by atoms with Gasteiger partial charge in [0.2, 0.25) is 0 Å². The Bertz CT molecular complexity index is 1060. The summed E-state index contributed by atoms with van der Waals surface area (Å²) < 4.78 is 0. The molecule has 0 spiro atoms. The molecule has 1 aliphatic heterocycles. The molecule has 0 bridgehead atoms. The smallest absolute Gasteiger partial charge is 0.251 e. The fourth-order valence-corrected chi connectivity index (χ4v) is 4.74. The van der Waals surface area contributed by atoms with Gasteiger partial charge in [0, 0.05) is 40.8 Å². The Morgan fingerprint density at radius 2 is 2.07 bits per heavy atom. The minimum absolute atomic E-state index is 0.0157. The summed E-state index contributed by atoms with van der Waals surface area (Å²) in [5, 5.41) is 8.05. The van der Waals surface area contributed by atoms with E-state index in [-0.39, 0.29) is 11.9 Å². The zero-order valence-corrected chi connectivity index (χ0v) is 16.0. The van der Waals surface area contributed by atoms with Gasteiger partial charge < -0.3 is 15.6 Å². The van der Waals surface area contributed by atoms with E-state index < -0.39 is 0 Å². The molecule has 2 aliphatic rings. The van der Waals surface area contributed by atoms with Gasteiger partial charge in [-0.25, -0.2) is 0 Å². The molecule has 28 heavy (non-hydrogen) atoms. The number of para-hydroxylation sites is 1. The molecular formula is C24H25N3O. The maximum absolute atomic E-state index is 12.4. The molecule has 3 unspecified atom stereocenters. The second-order valence-corrected chi connectivity index (χ2v) is 7.82. The first-order valence-electron chi connectivity index (χ1n) is 10.2. The number of rotatable bonds is 4. The predicted octanol–water partition coefficient (Wildman–Crippen LogP) is 5.13. The number of hydrogen-bond donors (Lipinski definition) is 3. The maximum atomic E-state index is 12.4. The van der Waals surface area contributed by atoms with Crippen LogP contribution in [0.25, 0.3) is 10.9 Å². The van der Waals surface area contributed by atoms with Gasteiger partial charge in [-0.15, -0.1) is 0 Å². The average molecular weight is 371 g/mol. The quantitative estimate of drug-likeness (QED) is 0.557. The van der Waals surface area contributed by atoms with Gasteiger partial charge in [-0.1, -0.05) is 37.3 Å². The largest absolute Gasteiger partial charge is 0.378 e. The molecule has 1 aliphatic carbocycles. The van der Waals surface area contributed by atoms with Gasteiger partial charge in [0.1, 0.15) is 0 Å². The van der Waals surface area contributed by atoms with Crippen LogP contribution in [0, 0.1) is 5.92 Å². The number of fused-ring (bicyclic) bond motifs is 4. The number of benzene rings is 2. The van der Waals surface area contributed by atoms with Crippen molar-refractivity contribution in [3.8, 4) is 0 Å². The Labute approximate surface area is 165 Å². The first-order chi connectivity index (χ1) is 13.8. The van der Waals surface area contributed by atoms with E-state index in [4.69, 9.17) is 0 Å². The van der Waals surface area contributed by atoms with Crippen molar-refractivity contribution in [3.63, 3.8) is 0 Å². The number of H-pyrrole nitrogens is 1. The van der Waals surface area contributed by atoms with Crippen LogP contribution in [0.1, 0.15) is 53.2 Å². The second-order valence-electron chi connectivity index (χ2n) is 7.82. The van der Waals surface area contributed by atoms with E-state index in [0.717, 1.165) is 24.1 Å². The highest BCUT2D eigenvalue weighted by Gasteiger charge is 2.39. The number of carbonyl (C=O) groups excluding carboxylic acids is 1. The number of aromatic amines is 1. The lowest BCUT2D eigenvalue weighted by atomic mass is 9.76. The number of allylic oxidation sites excluding steroid dienone is 2. The third kappa shape index (κ3) is 2.71. The molecule has 3 atom stereocenters. The third-order valence-electron chi connectivity index (χ3n) is 6.12. The van der Waals surface area contributed by atoms with Gasteiger partial charge in [-0.3, -0.25) is 4.79 Å². The topological polar surface area (TPSA) is 56.9 Å². The lowest BCUT2D eigenvalue weighted by Crippen LogP contribution is -2.30. The van der Waals surface area contributed by atoms with Crippen molar-refractivity contribution >= 4 is 22.5 Å². The molecule has 3 aromatic rings. The zero-order chi connectivity index (χ0) is 19.1. The molecule has 0 fully saturated rings. The monoisotopic (exact) mass is 371 g/mol. The molecule has 2 heterocycles. The third-order valence-corrected chi connectivity index (χ3v) is 6.12. The summed E-state index contributed by atoms with van der Waals surface area (Å²) in [6.45, 7) is 2.78. The molecule has 3 N–H and O–H groups in total. The highest BCUT2D eigenvalue weighted by Crippen LogP contribution is 2.50. The summed E-state index contributed by atoms with van der Waals surface area (Å²) in [7, 11) is 0. The van der Waals surface area contributed by atoms with Gasteiger partial charge in [-0.2, -0.15) is 0 Å². The van der Waals surface area contributed by atoms with Crippen molar-refractivity contribution in [2.75, 3.05) is 11.9 Å². The molecule has 4 heteroatoms. The summed E-state index contributed by atoms with van der Waals surface area (Å²) >= 11 is 0. The summed E-state index contributed by atoms with van der Waals surface area (Å²) in [4.78, 5) is 15.8. The Hall–Kier alpha value is -3.01. The van der Waals surface area contributed by atoms with Gasteiger partial charge in [-0.05, 0) is 54.2 Å². The number of amides is 1. The van der Waals surface area contributed by atoms with Crippen LogP contribution in [0.3, 0.4) is 0 Å². The number of nitrogens with one attached hydrogen (secondary N) is 3. The molecule has 1 aromatic heterocycles. The molecule has 1 amide bonds. The van der Waals surface area contributed by atoms with E-state index in [9.17, 15) is 4.79 Å². The van der Waals surface area contributed by atoms with Crippen molar-refractivity contribution in [2.45, 2.75) is 31.7 Å². The molecule has 4 nitrogen and oxygen atoms in total. The van der Waals surface area contributed by atoms with Crippen LogP contribution in [0.15, 0.2) is 60.8 Å². The van der Waals surface area contributed by atoms with E-state index in [2.05, 4.69) is 77.3 Å². The maximum Gasteiger partial charge on any atom is 0.251 e.